The van der Waals surface area contributed by atoms with Crippen molar-refractivity contribution in [1.82, 2.24) is 29.8 Å². The summed E-state index contributed by atoms with van der Waals surface area (Å²) in [6.07, 6.45) is 1.46. The lowest BCUT2D eigenvalue weighted by Crippen LogP contribution is -2.62. The Bertz CT molecular complexity index is 971. The second-order valence-electron chi connectivity index (χ2n) is 8.77. The van der Waals surface area contributed by atoms with Crippen molar-refractivity contribution in [3.63, 3.8) is 0 Å². The van der Waals surface area contributed by atoms with Crippen LogP contribution in [0.25, 0.3) is 0 Å². The minimum absolute atomic E-state index is 0.201. The van der Waals surface area contributed by atoms with Crippen molar-refractivity contribution in [1.29, 1.82) is 0 Å². The SMILES string of the molecule is CC1=CN2C(=NC3C2C(=O)NC(=O)N3C)N1CCN1CCN(Cc2ccc(F)cc2)CC1. The number of rotatable bonds is 5. The van der Waals surface area contributed by atoms with Crippen LogP contribution in [0.15, 0.2) is 41.2 Å². The molecule has 2 fully saturated rings. The van der Waals surface area contributed by atoms with E-state index in [9.17, 15) is 14.0 Å². The molecule has 0 spiro atoms. The van der Waals surface area contributed by atoms with Gasteiger partial charge in [0.15, 0.2) is 12.2 Å². The number of piperazine rings is 1. The third-order valence-corrected chi connectivity index (χ3v) is 6.69. The topological polar surface area (TPSA) is 74.7 Å². The number of guanidine groups is 1. The Morgan fingerprint density at radius 1 is 1.06 bits per heavy atom. The monoisotopic (exact) mass is 441 g/mol. The van der Waals surface area contributed by atoms with Crippen LogP contribution in [-0.2, 0) is 11.3 Å². The summed E-state index contributed by atoms with van der Waals surface area (Å²) in [6.45, 7) is 8.40. The van der Waals surface area contributed by atoms with Crippen LogP contribution in [0.2, 0.25) is 0 Å². The fraction of sp³-hybridized carbons (Fsp3) is 0.500. The number of fused-ring (bicyclic) bond motifs is 3. The number of amides is 3. The molecule has 4 aliphatic rings. The van der Waals surface area contributed by atoms with Gasteiger partial charge in [-0.25, -0.2) is 14.2 Å². The van der Waals surface area contributed by atoms with Crippen molar-refractivity contribution in [3.8, 4) is 0 Å². The second-order valence-corrected chi connectivity index (χ2v) is 8.77. The summed E-state index contributed by atoms with van der Waals surface area (Å²) in [5.41, 5.74) is 2.18. The zero-order valence-corrected chi connectivity index (χ0v) is 18.4. The molecule has 2 atom stereocenters. The standard InChI is InChI=1S/C22H28FN7O2/c1-15-13-30-18-19(26(2)22(32)25-20(18)31)24-21(30)29(15)12-11-27-7-9-28(10-8-27)14-16-3-5-17(23)6-4-16/h3-6,13,18-19H,7-12,14H2,1-2H3,(H,25,31,32). The van der Waals surface area contributed by atoms with Gasteiger partial charge in [-0.15, -0.1) is 0 Å². The van der Waals surface area contributed by atoms with Gasteiger partial charge in [-0.1, -0.05) is 12.1 Å². The number of carbonyl (C=O) groups excluding carboxylic acids is 2. The van der Waals surface area contributed by atoms with E-state index in [4.69, 9.17) is 4.99 Å². The Balaban J connectivity index is 1.16. The number of likely N-dealkylation sites (N-methyl/N-ethyl adjacent to an activating group) is 1. The smallest absolute Gasteiger partial charge is 0.313 e. The Morgan fingerprint density at radius 3 is 2.47 bits per heavy atom. The molecule has 0 radical (unpaired) electrons. The number of halogens is 1. The Hall–Kier alpha value is -2.98. The van der Waals surface area contributed by atoms with Gasteiger partial charge in [0, 0.05) is 64.8 Å². The van der Waals surface area contributed by atoms with Gasteiger partial charge in [-0.2, -0.15) is 0 Å². The summed E-state index contributed by atoms with van der Waals surface area (Å²) in [4.78, 5) is 39.4. The molecule has 2 saturated heterocycles. The summed E-state index contributed by atoms with van der Waals surface area (Å²) < 4.78 is 13.1. The number of nitrogens with one attached hydrogen (secondary N) is 1. The Labute approximate surface area is 186 Å². The maximum atomic E-state index is 13.1. The molecule has 4 heterocycles. The summed E-state index contributed by atoms with van der Waals surface area (Å²) in [5, 5.41) is 2.40. The van der Waals surface area contributed by atoms with Crippen LogP contribution in [0.3, 0.4) is 0 Å². The van der Waals surface area contributed by atoms with E-state index in [1.807, 2.05) is 30.2 Å². The molecule has 0 bridgehead atoms. The molecule has 4 aliphatic heterocycles. The minimum atomic E-state index is -0.511. The van der Waals surface area contributed by atoms with E-state index in [1.54, 1.807) is 7.05 Å². The van der Waals surface area contributed by atoms with E-state index < -0.39 is 18.2 Å². The summed E-state index contributed by atoms with van der Waals surface area (Å²) >= 11 is 0. The van der Waals surface area contributed by atoms with Crippen molar-refractivity contribution >= 4 is 17.9 Å². The first-order chi connectivity index (χ1) is 15.4. The number of allylic oxidation sites excluding steroid dienone is 1. The lowest BCUT2D eigenvalue weighted by molar-refractivity contribution is -0.126. The number of nitrogens with zero attached hydrogens (tertiary/aromatic N) is 6. The lowest BCUT2D eigenvalue weighted by Gasteiger charge is -2.35. The van der Waals surface area contributed by atoms with Crippen molar-refractivity contribution in [2.45, 2.75) is 25.7 Å². The van der Waals surface area contributed by atoms with E-state index in [1.165, 1.54) is 17.0 Å². The highest BCUT2D eigenvalue weighted by molar-refractivity contribution is 6.04. The van der Waals surface area contributed by atoms with E-state index in [0.717, 1.165) is 63.0 Å². The molecule has 0 aliphatic carbocycles. The molecule has 1 aromatic rings. The van der Waals surface area contributed by atoms with Crippen molar-refractivity contribution in [3.05, 3.63) is 47.5 Å². The maximum absolute atomic E-state index is 13.1. The quantitative estimate of drug-likeness (QED) is 0.724. The number of benzene rings is 1. The van der Waals surface area contributed by atoms with E-state index in [-0.39, 0.29) is 11.7 Å². The van der Waals surface area contributed by atoms with Crippen molar-refractivity contribution in [2.24, 2.45) is 4.99 Å². The van der Waals surface area contributed by atoms with Crippen LogP contribution in [-0.4, -0.2) is 101 Å². The van der Waals surface area contributed by atoms with Crippen LogP contribution in [0, 0.1) is 5.82 Å². The molecule has 1 N–H and O–H groups in total. The molecular formula is C22H28FN7O2. The molecule has 2 unspecified atom stereocenters. The van der Waals surface area contributed by atoms with Gasteiger partial charge in [0.1, 0.15) is 5.82 Å². The largest absolute Gasteiger partial charge is 0.325 e. The number of aliphatic imine (C=N–C) groups is 1. The predicted molar refractivity (Wildman–Crippen MR) is 117 cm³/mol. The first-order valence-electron chi connectivity index (χ1n) is 11.0. The summed E-state index contributed by atoms with van der Waals surface area (Å²) in [6, 6.07) is 5.80. The number of hydrogen-bond donors (Lipinski definition) is 1. The van der Waals surface area contributed by atoms with Crippen molar-refractivity contribution in [2.75, 3.05) is 46.3 Å². The van der Waals surface area contributed by atoms with Gasteiger partial charge in [0.05, 0.1) is 0 Å². The number of hydrogen-bond acceptors (Lipinski definition) is 7. The normalized spacial score (nSPS) is 26.2. The van der Waals surface area contributed by atoms with E-state index in [2.05, 4.69) is 20.0 Å². The number of urea groups is 1. The molecule has 0 aromatic heterocycles. The Kier molecular flexibility index (Phi) is 5.34. The maximum Gasteiger partial charge on any atom is 0.325 e. The van der Waals surface area contributed by atoms with Gasteiger partial charge >= 0.3 is 6.03 Å². The predicted octanol–water partition coefficient (Wildman–Crippen LogP) is 0.668. The second kappa shape index (κ2) is 8.18. The third kappa shape index (κ3) is 3.73. The molecular weight excluding hydrogens is 413 g/mol. The first-order valence-corrected chi connectivity index (χ1v) is 11.0. The Morgan fingerprint density at radius 2 is 1.75 bits per heavy atom. The highest BCUT2D eigenvalue weighted by Crippen LogP contribution is 2.31. The lowest BCUT2D eigenvalue weighted by atomic mass is 10.1. The highest BCUT2D eigenvalue weighted by atomic mass is 19.1. The molecule has 170 valence electrons. The fourth-order valence-corrected chi connectivity index (χ4v) is 4.78. The molecule has 1 aromatic carbocycles. The minimum Gasteiger partial charge on any atom is -0.313 e. The molecule has 32 heavy (non-hydrogen) atoms. The molecule has 10 heteroatoms. The zero-order valence-electron chi connectivity index (χ0n) is 18.4. The summed E-state index contributed by atoms with van der Waals surface area (Å²) in [7, 11) is 1.66. The van der Waals surface area contributed by atoms with Gasteiger partial charge < -0.3 is 14.7 Å². The van der Waals surface area contributed by atoms with Crippen LogP contribution in [0.4, 0.5) is 9.18 Å². The van der Waals surface area contributed by atoms with E-state index >= 15 is 0 Å². The fourth-order valence-electron chi connectivity index (χ4n) is 4.78. The zero-order chi connectivity index (χ0) is 22.4. The molecule has 5 rings (SSSR count). The number of carbonyl (C=O) groups is 2. The first kappa shape index (κ1) is 20.9. The number of imide groups is 1. The van der Waals surface area contributed by atoms with Gasteiger partial charge in [-0.3, -0.25) is 19.9 Å². The average Bonchev–Trinajstić information content (AvgIpc) is 3.28. The van der Waals surface area contributed by atoms with Crippen LogP contribution in [0.1, 0.15) is 12.5 Å². The summed E-state index contributed by atoms with van der Waals surface area (Å²) in [5.74, 6) is 0.234. The van der Waals surface area contributed by atoms with Gasteiger partial charge in [-0.05, 0) is 24.6 Å². The van der Waals surface area contributed by atoms with Crippen molar-refractivity contribution < 1.29 is 14.0 Å². The molecule has 9 nitrogen and oxygen atoms in total. The molecule has 3 amide bonds. The average molecular weight is 442 g/mol. The van der Waals surface area contributed by atoms with E-state index in [0.29, 0.717) is 0 Å². The highest BCUT2D eigenvalue weighted by Gasteiger charge is 2.51. The van der Waals surface area contributed by atoms with Crippen LogP contribution in [0.5, 0.6) is 0 Å². The molecule has 0 saturated carbocycles. The van der Waals surface area contributed by atoms with Crippen LogP contribution < -0.4 is 5.32 Å². The third-order valence-electron chi connectivity index (χ3n) is 6.69. The van der Waals surface area contributed by atoms with Gasteiger partial charge in [0.2, 0.25) is 5.96 Å². The van der Waals surface area contributed by atoms with Crippen LogP contribution >= 0.6 is 0 Å². The van der Waals surface area contributed by atoms with Gasteiger partial charge in [0.25, 0.3) is 5.91 Å².